The number of anilines is 1. The summed E-state index contributed by atoms with van der Waals surface area (Å²) in [7, 11) is 0. The molecule has 0 saturated carbocycles. The number of hydrogen-bond acceptors (Lipinski definition) is 5. The van der Waals surface area contributed by atoms with E-state index >= 15 is 0 Å². The number of H-pyrrole nitrogens is 2. The Hall–Kier alpha value is -3.19. The van der Waals surface area contributed by atoms with Gasteiger partial charge in [0.25, 0.3) is 0 Å². The average molecular weight is 377 g/mol. The highest BCUT2D eigenvalue weighted by atomic mass is 16.1. The van der Waals surface area contributed by atoms with Crippen LogP contribution in [-0.4, -0.2) is 51.8 Å². The fourth-order valence-corrected chi connectivity index (χ4v) is 3.66. The molecule has 0 unspecified atom stereocenters. The molecule has 144 valence electrons. The number of aromatic amines is 2. The monoisotopic (exact) mass is 377 g/mol. The molecule has 4 rings (SSSR count). The van der Waals surface area contributed by atoms with E-state index < -0.39 is 0 Å². The Morgan fingerprint density at radius 1 is 1.07 bits per heavy atom. The van der Waals surface area contributed by atoms with Gasteiger partial charge in [0.2, 0.25) is 5.78 Å². The Balaban J connectivity index is 1.46. The SMILES string of the molecule is Cc1ccccc1N1CCN(Cc2[nH]c(=O)[nH]c2C(=O)c2cccnc2)CC1. The molecule has 0 radical (unpaired) electrons. The van der Waals surface area contributed by atoms with Crippen molar-refractivity contribution >= 4 is 11.5 Å². The number of ketones is 1. The molecule has 2 aromatic heterocycles. The predicted octanol–water partition coefficient (Wildman–Crippen LogP) is 1.96. The molecule has 0 amide bonds. The normalized spacial score (nSPS) is 15.0. The highest BCUT2D eigenvalue weighted by Gasteiger charge is 2.22. The van der Waals surface area contributed by atoms with Gasteiger partial charge in [0.15, 0.2) is 0 Å². The molecule has 1 saturated heterocycles. The van der Waals surface area contributed by atoms with Gasteiger partial charge in [0, 0.05) is 56.4 Å². The lowest BCUT2D eigenvalue weighted by molar-refractivity contribution is 0.103. The molecule has 1 aromatic carbocycles. The molecule has 0 spiro atoms. The fraction of sp³-hybridized carbons (Fsp3) is 0.286. The van der Waals surface area contributed by atoms with E-state index in [2.05, 4.69) is 55.9 Å². The third kappa shape index (κ3) is 3.75. The minimum absolute atomic E-state index is 0.222. The third-order valence-corrected chi connectivity index (χ3v) is 5.17. The number of imidazole rings is 1. The van der Waals surface area contributed by atoms with Crippen LogP contribution in [0, 0.1) is 6.92 Å². The van der Waals surface area contributed by atoms with Gasteiger partial charge in [-0.2, -0.15) is 0 Å². The van der Waals surface area contributed by atoms with E-state index in [9.17, 15) is 9.59 Å². The van der Waals surface area contributed by atoms with Crippen LogP contribution in [0.3, 0.4) is 0 Å². The maximum absolute atomic E-state index is 12.7. The fourth-order valence-electron chi connectivity index (χ4n) is 3.66. The van der Waals surface area contributed by atoms with E-state index in [1.807, 2.05) is 0 Å². The maximum Gasteiger partial charge on any atom is 0.323 e. The van der Waals surface area contributed by atoms with Gasteiger partial charge in [-0.3, -0.25) is 14.7 Å². The van der Waals surface area contributed by atoms with Gasteiger partial charge < -0.3 is 14.9 Å². The zero-order valence-electron chi connectivity index (χ0n) is 15.8. The van der Waals surface area contributed by atoms with Crippen molar-refractivity contribution in [3.8, 4) is 0 Å². The number of nitrogens with one attached hydrogen (secondary N) is 2. The van der Waals surface area contributed by atoms with Gasteiger partial charge >= 0.3 is 5.69 Å². The molecule has 0 atom stereocenters. The van der Waals surface area contributed by atoms with E-state index in [4.69, 9.17) is 0 Å². The zero-order valence-corrected chi connectivity index (χ0v) is 15.8. The van der Waals surface area contributed by atoms with E-state index in [1.165, 1.54) is 17.4 Å². The molecule has 3 heterocycles. The number of hydrogen-bond donors (Lipinski definition) is 2. The number of rotatable bonds is 5. The number of benzene rings is 1. The summed E-state index contributed by atoms with van der Waals surface area (Å²) in [4.78, 5) is 38.7. The van der Waals surface area contributed by atoms with Crippen LogP contribution in [0.15, 0.2) is 53.6 Å². The van der Waals surface area contributed by atoms with Crippen LogP contribution in [-0.2, 0) is 6.54 Å². The van der Waals surface area contributed by atoms with Crippen molar-refractivity contribution in [1.82, 2.24) is 19.9 Å². The lowest BCUT2D eigenvalue weighted by Gasteiger charge is -2.36. The number of carbonyl (C=O) groups excluding carboxylic acids is 1. The van der Waals surface area contributed by atoms with Gasteiger partial charge in [0.1, 0.15) is 5.69 Å². The van der Waals surface area contributed by atoms with Crippen LogP contribution in [0.2, 0.25) is 0 Å². The first-order valence-electron chi connectivity index (χ1n) is 9.40. The van der Waals surface area contributed by atoms with Gasteiger partial charge in [0.05, 0.1) is 5.69 Å². The largest absolute Gasteiger partial charge is 0.369 e. The summed E-state index contributed by atoms with van der Waals surface area (Å²) in [6.45, 7) is 6.20. The first-order valence-corrected chi connectivity index (χ1v) is 9.40. The molecule has 3 aromatic rings. The number of piperazine rings is 1. The van der Waals surface area contributed by atoms with Crippen LogP contribution < -0.4 is 10.6 Å². The smallest absolute Gasteiger partial charge is 0.323 e. The van der Waals surface area contributed by atoms with Crippen molar-refractivity contribution in [2.24, 2.45) is 0 Å². The van der Waals surface area contributed by atoms with Crippen molar-refractivity contribution in [1.29, 1.82) is 0 Å². The minimum Gasteiger partial charge on any atom is -0.369 e. The summed E-state index contributed by atoms with van der Waals surface area (Å²) >= 11 is 0. The third-order valence-electron chi connectivity index (χ3n) is 5.17. The molecule has 2 N–H and O–H groups in total. The Bertz CT molecular complexity index is 1020. The topological polar surface area (TPSA) is 85.1 Å². The molecule has 1 aliphatic rings. The van der Waals surface area contributed by atoms with Crippen LogP contribution >= 0.6 is 0 Å². The summed E-state index contributed by atoms with van der Waals surface area (Å²) in [6, 6.07) is 11.8. The van der Waals surface area contributed by atoms with Crippen LogP contribution in [0.4, 0.5) is 5.69 Å². The predicted molar refractivity (Wildman–Crippen MR) is 108 cm³/mol. The first kappa shape index (κ1) is 18.2. The second-order valence-corrected chi connectivity index (χ2v) is 7.05. The summed E-state index contributed by atoms with van der Waals surface area (Å²) < 4.78 is 0. The number of aromatic nitrogens is 3. The molecular formula is C21H23N5O2. The summed E-state index contributed by atoms with van der Waals surface area (Å²) in [6.07, 6.45) is 3.13. The number of carbonyl (C=O) groups is 1. The summed E-state index contributed by atoms with van der Waals surface area (Å²) in [5.74, 6) is -0.222. The number of nitrogens with zero attached hydrogens (tertiary/aromatic N) is 3. The van der Waals surface area contributed by atoms with Gasteiger partial charge in [-0.25, -0.2) is 4.79 Å². The van der Waals surface area contributed by atoms with E-state index in [1.54, 1.807) is 18.3 Å². The second kappa shape index (κ2) is 7.82. The second-order valence-electron chi connectivity index (χ2n) is 7.05. The highest BCUT2D eigenvalue weighted by molar-refractivity contribution is 6.08. The first-order chi connectivity index (χ1) is 13.6. The molecule has 1 aliphatic heterocycles. The molecule has 1 fully saturated rings. The zero-order chi connectivity index (χ0) is 19.5. The van der Waals surface area contributed by atoms with Crippen LogP contribution in [0.25, 0.3) is 0 Å². The van der Waals surface area contributed by atoms with Crippen molar-refractivity contribution in [3.05, 3.63) is 81.8 Å². The maximum atomic E-state index is 12.7. The van der Waals surface area contributed by atoms with E-state index in [-0.39, 0.29) is 11.5 Å². The van der Waals surface area contributed by atoms with E-state index in [0.717, 1.165) is 26.2 Å². The standard InChI is InChI=1S/C21H23N5O2/c1-15-5-2-3-7-18(15)26-11-9-25(10-12-26)14-17-19(24-21(28)23-17)20(27)16-6-4-8-22-13-16/h2-8,13H,9-12,14H2,1H3,(H2,23,24,28). The van der Waals surface area contributed by atoms with Crippen LogP contribution in [0.5, 0.6) is 0 Å². The van der Waals surface area contributed by atoms with Crippen molar-refractivity contribution in [2.75, 3.05) is 31.1 Å². The molecule has 0 bridgehead atoms. The van der Waals surface area contributed by atoms with Crippen molar-refractivity contribution in [3.63, 3.8) is 0 Å². The van der Waals surface area contributed by atoms with Gasteiger partial charge in [-0.1, -0.05) is 18.2 Å². The van der Waals surface area contributed by atoms with Gasteiger partial charge in [-0.15, -0.1) is 0 Å². The lowest BCUT2D eigenvalue weighted by atomic mass is 10.1. The molecule has 28 heavy (non-hydrogen) atoms. The molecule has 0 aliphatic carbocycles. The highest BCUT2D eigenvalue weighted by Crippen LogP contribution is 2.21. The Kier molecular flexibility index (Phi) is 5.08. The Morgan fingerprint density at radius 3 is 2.57 bits per heavy atom. The number of para-hydroxylation sites is 1. The summed E-state index contributed by atoms with van der Waals surface area (Å²) in [5, 5.41) is 0. The lowest BCUT2D eigenvalue weighted by Crippen LogP contribution is -2.46. The number of pyridine rings is 1. The quantitative estimate of drug-likeness (QED) is 0.664. The average Bonchev–Trinajstić information content (AvgIpc) is 3.09. The Morgan fingerprint density at radius 2 is 1.86 bits per heavy atom. The Labute approximate surface area is 163 Å². The summed E-state index contributed by atoms with van der Waals surface area (Å²) in [5.41, 5.74) is 3.59. The number of aryl methyl sites for hydroxylation is 1. The molecular weight excluding hydrogens is 354 g/mol. The molecule has 7 heteroatoms. The van der Waals surface area contributed by atoms with Crippen LogP contribution in [0.1, 0.15) is 27.3 Å². The van der Waals surface area contributed by atoms with Crippen molar-refractivity contribution in [2.45, 2.75) is 13.5 Å². The molecule has 7 nitrogen and oxygen atoms in total. The minimum atomic E-state index is -0.360. The van der Waals surface area contributed by atoms with Crippen molar-refractivity contribution < 1.29 is 4.79 Å². The van der Waals surface area contributed by atoms with E-state index in [0.29, 0.717) is 23.5 Å². The van der Waals surface area contributed by atoms with Gasteiger partial charge in [-0.05, 0) is 30.7 Å².